The average molecular weight is 312 g/mol. The maximum Gasteiger partial charge on any atom is 0.214 e. The summed E-state index contributed by atoms with van der Waals surface area (Å²) in [6.45, 7) is 3.14. The molecule has 2 atom stereocenters. The van der Waals surface area contributed by atoms with Crippen LogP contribution < -0.4 is 9.62 Å². The Hall–Kier alpha value is -1.11. The molecule has 2 unspecified atom stereocenters. The third kappa shape index (κ3) is 4.18. The Morgan fingerprint density at radius 1 is 1.43 bits per heavy atom. The molecule has 0 amide bonds. The van der Waals surface area contributed by atoms with Crippen LogP contribution in [-0.4, -0.2) is 47.5 Å². The van der Waals surface area contributed by atoms with E-state index in [1.165, 1.54) is 18.4 Å². The third-order valence-electron chi connectivity index (χ3n) is 4.01. The highest BCUT2D eigenvalue weighted by atomic mass is 32.2. The molecule has 0 spiro atoms. The predicted molar refractivity (Wildman–Crippen MR) is 85.3 cm³/mol. The summed E-state index contributed by atoms with van der Waals surface area (Å²) in [5.74, 6) is 0.225. The number of fused-ring (bicyclic) bond motifs is 1. The van der Waals surface area contributed by atoms with E-state index in [-0.39, 0.29) is 17.8 Å². The van der Waals surface area contributed by atoms with Gasteiger partial charge in [-0.25, -0.2) is 13.1 Å². The van der Waals surface area contributed by atoms with Gasteiger partial charge in [0.2, 0.25) is 10.0 Å². The van der Waals surface area contributed by atoms with E-state index in [1.54, 1.807) is 6.92 Å². The Labute approximate surface area is 127 Å². The van der Waals surface area contributed by atoms with Crippen molar-refractivity contribution in [2.24, 2.45) is 0 Å². The van der Waals surface area contributed by atoms with Crippen LogP contribution in [0.15, 0.2) is 24.3 Å². The molecule has 118 valence electrons. The quantitative estimate of drug-likeness (QED) is 0.866. The molecule has 0 radical (unpaired) electrons. The molecular formula is C15H24N2O3S. The van der Waals surface area contributed by atoms with E-state index >= 15 is 0 Å². The van der Waals surface area contributed by atoms with E-state index in [1.807, 2.05) is 12.1 Å². The van der Waals surface area contributed by atoms with Gasteiger partial charge in [0, 0.05) is 38.9 Å². The van der Waals surface area contributed by atoms with Crippen LogP contribution in [0.3, 0.4) is 0 Å². The van der Waals surface area contributed by atoms with Gasteiger partial charge < -0.3 is 9.64 Å². The first-order chi connectivity index (χ1) is 9.93. The zero-order valence-electron chi connectivity index (χ0n) is 12.9. The molecule has 0 aliphatic carbocycles. The summed E-state index contributed by atoms with van der Waals surface area (Å²) in [4.78, 5) is 2.22. The number of nitrogens with zero attached hydrogens (tertiary/aromatic N) is 1. The summed E-state index contributed by atoms with van der Waals surface area (Å²) in [6, 6.07) is 8.19. The van der Waals surface area contributed by atoms with Crippen molar-refractivity contribution in [3.05, 3.63) is 29.8 Å². The average Bonchev–Trinajstić information content (AvgIpc) is 2.46. The molecule has 21 heavy (non-hydrogen) atoms. The number of sulfonamides is 1. The Bertz CT molecular complexity index is 574. The van der Waals surface area contributed by atoms with Gasteiger partial charge in [-0.15, -0.1) is 0 Å². The monoisotopic (exact) mass is 312 g/mol. The third-order valence-corrected chi connectivity index (χ3v) is 5.52. The Balaban J connectivity index is 2.03. The van der Waals surface area contributed by atoms with Crippen LogP contribution in [0, 0.1) is 0 Å². The molecule has 0 bridgehead atoms. The second kappa shape index (κ2) is 6.77. The van der Waals surface area contributed by atoms with Crippen molar-refractivity contribution in [1.29, 1.82) is 0 Å². The lowest BCUT2D eigenvalue weighted by atomic mass is 9.90. The Morgan fingerprint density at radius 2 is 2.14 bits per heavy atom. The molecule has 1 aliphatic heterocycles. The van der Waals surface area contributed by atoms with Crippen LogP contribution in [0.25, 0.3) is 0 Å². The van der Waals surface area contributed by atoms with E-state index in [2.05, 4.69) is 28.8 Å². The Kier molecular flexibility index (Phi) is 5.24. The molecule has 1 aromatic carbocycles. The van der Waals surface area contributed by atoms with E-state index in [0.717, 1.165) is 13.0 Å². The molecule has 1 aliphatic rings. The van der Waals surface area contributed by atoms with Crippen LogP contribution in [-0.2, 0) is 14.8 Å². The standard InChI is InChI=1S/C15H24N2O3S/c1-12(20-3)11-21(18,19)16-10-13-8-9-17(2)15-7-5-4-6-14(13)15/h4-7,12-13,16H,8-11H2,1-3H3. The second-order valence-corrected chi connectivity index (χ2v) is 7.49. The summed E-state index contributed by atoms with van der Waals surface area (Å²) in [5, 5.41) is 0. The highest BCUT2D eigenvalue weighted by Gasteiger charge is 2.24. The zero-order chi connectivity index (χ0) is 15.5. The number of ether oxygens (including phenoxy) is 1. The summed E-state index contributed by atoms with van der Waals surface area (Å²) in [5.41, 5.74) is 2.41. The van der Waals surface area contributed by atoms with Gasteiger partial charge in [0.05, 0.1) is 11.9 Å². The van der Waals surface area contributed by atoms with Gasteiger partial charge in [-0.2, -0.15) is 0 Å². The second-order valence-electron chi connectivity index (χ2n) is 5.64. The molecule has 0 saturated carbocycles. The van der Waals surface area contributed by atoms with Crippen molar-refractivity contribution in [2.45, 2.75) is 25.4 Å². The van der Waals surface area contributed by atoms with Gasteiger partial charge in [0.1, 0.15) is 0 Å². The van der Waals surface area contributed by atoms with Crippen molar-refractivity contribution in [2.75, 3.05) is 37.9 Å². The first kappa shape index (κ1) is 16.3. The molecule has 0 saturated heterocycles. The number of nitrogens with one attached hydrogen (secondary N) is 1. The van der Waals surface area contributed by atoms with Crippen molar-refractivity contribution >= 4 is 15.7 Å². The molecule has 1 aromatic rings. The minimum Gasteiger partial charge on any atom is -0.381 e. The lowest BCUT2D eigenvalue weighted by molar-refractivity contribution is 0.136. The minimum absolute atomic E-state index is 0.00221. The molecular weight excluding hydrogens is 288 g/mol. The summed E-state index contributed by atoms with van der Waals surface area (Å²) < 4.78 is 31.8. The number of anilines is 1. The normalized spacial score (nSPS) is 20.1. The highest BCUT2D eigenvalue weighted by molar-refractivity contribution is 7.89. The van der Waals surface area contributed by atoms with Crippen LogP contribution in [0.2, 0.25) is 0 Å². The number of benzene rings is 1. The largest absolute Gasteiger partial charge is 0.381 e. The molecule has 6 heteroatoms. The molecule has 2 rings (SSSR count). The number of para-hydroxylation sites is 1. The first-order valence-electron chi connectivity index (χ1n) is 7.23. The summed E-state index contributed by atoms with van der Waals surface area (Å²) in [7, 11) is 0.293. The number of hydrogen-bond donors (Lipinski definition) is 1. The number of rotatable bonds is 6. The van der Waals surface area contributed by atoms with E-state index in [4.69, 9.17) is 4.74 Å². The van der Waals surface area contributed by atoms with Crippen molar-refractivity contribution in [3.8, 4) is 0 Å². The fourth-order valence-electron chi connectivity index (χ4n) is 2.68. The predicted octanol–water partition coefficient (Wildman–Crippen LogP) is 1.56. The van der Waals surface area contributed by atoms with E-state index in [0.29, 0.717) is 6.54 Å². The van der Waals surface area contributed by atoms with Crippen LogP contribution in [0.5, 0.6) is 0 Å². The van der Waals surface area contributed by atoms with Crippen LogP contribution in [0.4, 0.5) is 5.69 Å². The van der Waals surface area contributed by atoms with Gasteiger partial charge >= 0.3 is 0 Å². The van der Waals surface area contributed by atoms with E-state index < -0.39 is 10.0 Å². The first-order valence-corrected chi connectivity index (χ1v) is 8.88. The lowest BCUT2D eigenvalue weighted by Gasteiger charge is -2.33. The van der Waals surface area contributed by atoms with Gasteiger partial charge in [-0.1, -0.05) is 18.2 Å². The number of hydrogen-bond acceptors (Lipinski definition) is 4. The Morgan fingerprint density at radius 3 is 2.86 bits per heavy atom. The van der Waals surface area contributed by atoms with Gasteiger partial charge in [0.15, 0.2) is 0 Å². The SMILES string of the molecule is COC(C)CS(=O)(=O)NCC1CCN(C)c2ccccc21. The van der Waals surface area contributed by atoms with Crippen molar-refractivity contribution in [1.82, 2.24) is 4.72 Å². The minimum atomic E-state index is -3.30. The maximum absolute atomic E-state index is 12.0. The molecule has 5 nitrogen and oxygen atoms in total. The fraction of sp³-hybridized carbons (Fsp3) is 0.600. The van der Waals surface area contributed by atoms with Gasteiger partial charge in [0.25, 0.3) is 0 Å². The maximum atomic E-state index is 12.0. The van der Waals surface area contributed by atoms with Gasteiger partial charge in [-0.05, 0) is 25.0 Å². The molecule has 1 heterocycles. The highest BCUT2D eigenvalue weighted by Crippen LogP contribution is 2.33. The molecule has 0 aromatic heterocycles. The van der Waals surface area contributed by atoms with Gasteiger partial charge in [-0.3, -0.25) is 0 Å². The fourth-order valence-corrected chi connectivity index (χ4v) is 4.01. The summed E-state index contributed by atoms with van der Waals surface area (Å²) >= 11 is 0. The molecule has 1 N–H and O–H groups in total. The smallest absolute Gasteiger partial charge is 0.214 e. The topological polar surface area (TPSA) is 58.6 Å². The molecule has 0 fully saturated rings. The summed E-state index contributed by atoms with van der Waals surface area (Å²) in [6.07, 6.45) is 0.655. The van der Waals surface area contributed by atoms with Crippen molar-refractivity contribution < 1.29 is 13.2 Å². The zero-order valence-corrected chi connectivity index (χ0v) is 13.7. The van der Waals surface area contributed by atoms with Crippen LogP contribution >= 0.6 is 0 Å². The van der Waals surface area contributed by atoms with E-state index in [9.17, 15) is 8.42 Å². The lowest BCUT2D eigenvalue weighted by Crippen LogP contribution is -2.37. The van der Waals surface area contributed by atoms with Crippen molar-refractivity contribution in [3.63, 3.8) is 0 Å². The number of methoxy groups -OCH3 is 1. The van der Waals surface area contributed by atoms with Crippen LogP contribution in [0.1, 0.15) is 24.8 Å².